The number of rotatable bonds is 6. The van der Waals surface area contributed by atoms with Crippen LogP contribution in [-0.2, 0) is 16.1 Å². The summed E-state index contributed by atoms with van der Waals surface area (Å²) >= 11 is 1.40. The van der Waals surface area contributed by atoms with E-state index in [1.807, 2.05) is 55.7 Å². The first-order chi connectivity index (χ1) is 13.9. The molecule has 2 aromatic carbocycles. The molecule has 0 bridgehead atoms. The topological polar surface area (TPSA) is 69.9 Å². The number of benzene rings is 2. The standard InChI is InChI=1S/C22H24N2O4S/c1-5-28-17-8-9-18-19(13-17)29-22(24(18)11-10-20(25)27-4)23-21(26)16-7-6-14(2)15(3)12-16/h6-9,12-13H,5,10-11H2,1-4H3. The maximum Gasteiger partial charge on any atom is 0.307 e. The number of methoxy groups -OCH3 is 1. The van der Waals surface area contributed by atoms with Gasteiger partial charge in [-0.2, -0.15) is 4.99 Å². The molecule has 3 aromatic rings. The lowest BCUT2D eigenvalue weighted by Crippen LogP contribution is -2.19. The molecule has 0 aliphatic rings. The summed E-state index contributed by atoms with van der Waals surface area (Å²) in [5.41, 5.74) is 3.61. The normalized spacial score (nSPS) is 11.7. The molecule has 0 unspecified atom stereocenters. The third kappa shape index (κ3) is 4.74. The summed E-state index contributed by atoms with van der Waals surface area (Å²) in [6.07, 6.45) is 0.195. The number of carbonyl (C=O) groups excluding carboxylic acids is 2. The molecule has 0 radical (unpaired) electrons. The van der Waals surface area contributed by atoms with Gasteiger partial charge in [0, 0.05) is 12.1 Å². The average Bonchev–Trinajstić information content (AvgIpc) is 3.04. The zero-order valence-electron chi connectivity index (χ0n) is 17.0. The van der Waals surface area contributed by atoms with Crippen molar-refractivity contribution in [2.75, 3.05) is 13.7 Å². The lowest BCUT2D eigenvalue weighted by molar-refractivity contribution is -0.140. The fourth-order valence-electron chi connectivity index (χ4n) is 2.94. The molecule has 1 amide bonds. The zero-order valence-corrected chi connectivity index (χ0v) is 17.8. The van der Waals surface area contributed by atoms with Crippen LogP contribution in [0, 0.1) is 13.8 Å². The van der Waals surface area contributed by atoms with Crippen LogP contribution in [-0.4, -0.2) is 30.2 Å². The minimum atomic E-state index is -0.311. The van der Waals surface area contributed by atoms with Gasteiger partial charge in [-0.3, -0.25) is 9.59 Å². The van der Waals surface area contributed by atoms with Gasteiger partial charge in [0.1, 0.15) is 5.75 Å². The highest BCUT2D eigenvalue weighted by atomic mass is 32.1. The third-order valence-electron chi connectivity index (χ3n) is 4.68. The number of esters is 1. The zero-order chi connectivity index (χ0) is 21.0. The highest BCUT2D eigenvalue weighted by molar-refractivity contribution is 7.16. The van der Waals surface area contributed by atoms with Crippen LogP contribution in [0.1, 0.15) is 34.8 Å². The van der Waals surface area contributed by atoms with Gasteiger partial charge in [0.05, 0.1) is 30.4 Å². The number of amides is 1. The number of ether oxygens (including phenoxy) is 2. The summed E-state index contributed by atoms with van der Waals surface area (Å²) in [5, 5.41) is 0. The molecular weight excluding hydrogens is 388 g/mol. The van der Waals surface area contributed by atoms with Crippen molar-refractivity contribution >= 4 is 33.4 Å². The van der Waals surface area contributed by atoms with Gasteiger partial charge in [-0.25, -0.2) is 0 Å². The van der Waals surface area contributed by atoms with Crippen molar-refractivity contribution in [2.24, 2.45) is 4.99 Å². The summed E-state index contributed by atoms with van der Waals surface area (Å²) in [5.74, 6) is 0.138. The first kappa shape index (κ1) is 20.8. The molecule has 1 heterocycles. The second-order valence-electron chi connectivity index (χ2n) is 6.64. The Labute approximate surface area is 173 Å². The Morgan fingerprint density at radius 2 is 1.90 bits per heavy atom. The summed E-state index contributed by atoms with van der Waals surface area (Å²) in [6, 6.07) is 11.3. The molecule has 0 saturated carbocycles. The van der Waals surface area contributed by atoms with Gasteiger partial charge in [-0.1, -0.05) is 17.4 Å². The Balaban J connectivity index is 2.07. The number of aromatic nitrogens is 1. The number of hydrogen-bond donors (Lipinski definition) is 0. The molecule has 0 spiro atoms. The molecule has 3 rings (SSSR count). The highest BCUT2D eigenvalue weighted by Crippen LogP contribution is 2.24. The van der Waals surface area contributed by atoms with E-state index in [1.165, 1.54) is 18.4 Å². The average molecular weight is 413 g/mol. The molecule has 0 N–H and O–H groups in total. The van der Waals surface area contributed by atoms with Gasteiger partial charge < -0.3 is 14.0 Å². The molecule has 6 nitrogen and oxygen atoms in total. The van der Waals surface area contributed by atoms with Crippen LogP contribution in [0.2, 0.25) is 0 Å². The summed E-state index contributed by atoms with van der Waals surface area (Å²) in [7, 11) is 1.36. The number of nitrogens with zero attached hydrogens (tertiary/aromatic N) is 2. The molecular formula is C22H24N2O4S. The van der Waals surface area contributed by atoms with Crippen LogP contribution in [0.25, 0.3) is 10.2 Å². The van der Waals surface area contributed by atoms with E-state index < -0.39 is 0 Å². The third-order valence-corrected chi connectivity index (χ3v) is 5.72. The number of carbonyl (C=O) groups is 2. The van der Waals surface area contributed by atoms with Gasteiger partial charge >= 0.3 is 5.97 Å². The Kier molecular flexibility index (Phi) is 6.49. The fraction of sp³-hybridized carbons (Fsp3) is 0.318. The van der Waals surface area contributed by atoms with Gasteiger partial charge in [-0.05, 0) is 62.2 Å². The van der Waals surface area contributed by atoms with E-state index >= 15 is 0 Å². The van der Waals surface area contributed by atoms with Crippen molar-refractivity contribution < 1.29 is 19.1 Å². The number of fused-ring (bicyclic) bond motifs is 1. The molecule has 29 heavy (non-hydrogen) atoms. The van der Waals surface area contributed by atoms with Crippen molar-refractivity contribution in [3.63, 3.8) is 0 Å². The van der Waals surface area contributed by atoms with Crippen LogP contribution < -0.4 is 9.54 Å². The van der Waals surface area contributed by atoms with Gasteiger partial charge in [0.2, 0.25) is 0 Å². The maximum absolute atomic E-state index is 12.8. The lowest BCUT2D eigenvalue weighted by atomic mass is 10.1. The molecule has 1 aromatic heterocycles. The fourth-order valence-corrected chi connectivity index (χ4v) is 4.03. The lowest BCUT2D eigenvalue weighted by Gasteiger charge is -2.06. The number of thiazole rings is 1. The molecule has 0 saturated heterocycles. The second-order valence-corrected chi connectivity index (χ2v) is 7.65. The van der Waals surface area contributed by atoms with Gasteiger partial charge in [0.15, 0.2) is 4.80 Å². The summed E-state index contributed by atoms with van der Waals surface area (Å²) in [6.45, 7) is 6.85. The Bertz CT molecular complexity index is 1130. The first-order valence-corrected chi connectivity index (χ1v) is 10.2. The first-order valence-electron chi connectivity index (χ1n) is 9.42. The van der Waals surface area contributed by atoms with E-state index in [1.54, 1.807) is 6.07 Å². The quantitative estimate of drug-likeness (QED) is 0.574. The van der Waals surface area contributed by atoms with Crippen LogP contribution in [0.4, 0.5) is 0 Å². The minimum Gasteiger partial charge on any atom is -0.494 e. The van der Waals surface area contributed by atoms with Crippen molar-refractivity contribution in [2.45, 2.75) is 33.7 Å². The van der Waals surface area contributed by atoms with Crippen molar-refractivity contribution in [1.29, 1.82) is 0 Å². The van der Waals surface area contributed by atoms with Crippen molar-refractivity contribution in [3.05, 3.63) is 57.9 Å². The van der Waals surface area contributed by atoms with E-state index in [2.05, 4.69) is 4.99 Å². The molecule has 0 aliphatic carbocycles. The Hall–Kier alpha value is -2.93. The van der Waals surface area contributed by atoms with E-state index in [-0.39, 0.29) is 18.3 Å². The number of aryl methyl sites for hydroxylation is 3. The highest BCUT2D eigenvalue weighted by Gasteiger charge is 2.12. The largest absolute Gasteiger partial charge is 0.494 e. The minimum absolute atomic E-state index is 0.195. The molecule has 0 atom stereocenters. The van der Waals surface area contributed by atoms with Crippen LogP contribution in [0.5, 0.6) is 5.75 Å². The van der Waals surface area contributed by atoms with Crippen LogP contribution in [0.3, 0.4) is 0 Å². The van der Waals surface area contributed by atoms with E-state index in [0.29, 0.717) is 23.5 Å². The summed E-state index contributed by atoms with van der Waals surface area (Å²) < 4.78 is 13.2. The second kappa shape index (κ2) is 9.05. The van der Waals surface area contributed by atoms with Crippen LogP contribution >= 0.6 is 11.3 Å². The van der Waals surface area contributed by atoms with Crippen molar-refractivity contribution in [1.82, 2.24) is 4.57 Å². The Morgan fingerprint density at radius 1 is 1.10 bits per heavy atom. The summed E-state index contributed by atoms with van der Waals surface area (Å²) in [4.78, 5) is 29.3. The van der Waals surface area contributed by atoms with E-state index in [4.69, 9.17) is 9.47 Å². The van der Waals surface area contributed by atoms with Crippen molar-refractivity contribution in [3.8, 4) is 5.75 Å². The van der Waals surface area contributed by atoms with Gasteiger partial charge in [0.25, 0.3) is 5.91 Å². The van der Waals surface area contributed by atoms with E-state index in [0.717, 1.165) is 27.1 Å². The SMILES string of the molecule is CCOc1ccc2c(c1)sc(=NC(=O)c1ccc(C)c(C)c1)n2CCC(=O)OC. The van der Waals surface area contributed by atoms with Crippen LogP contribution in [0.15, 0.2) is 41.4 Å². The smallest absolute Gasteiger partial charge is 0.307 e. The molecule has 0 aliphatic heterocycles. The Morgan fingerprint density at radius 3 is 2.59 bits per heavy atom. The predicted octanol–water partition coefficient (Wildman–Crippen LogP) is 4.02. The molecule has 7 heteroatoms. The molecule has 0 fully saturated rings. The molecule has 152 valence electrons. The maximum atomic E-state index is 12.8. The van der Waals surface area contributed by atoms with Gasteiger partial charge in [-0.15, -0.1) is 0 Å². The monoisotopic (exact) mass is 412 g/mol. The predicted molar refractivity (Wildman–Crippen MR) is 113 cm³/mol. The van der Waals surface area contributed by atoms with E-state index in [9.17, 15) is 9.59 Å². The number of hydrogen-bond acceptors (Lipinski definition) is 5.